The Labute approximate surface area is 153 Å². The molecular weight excluding hydrogens is 326 g/mol. The van der Waals surface area contributed by atoms with E-state index >= 15 is 0 Å². The van der Waals surface area contributed by atoms with Gasteiger partial charge in [-0.2, -0.15) is 0 Å². The summed E-state index contributed by atoms with van der Waals surface area (Å²) in [5.74, 6) is 0.895. The van der Waals surface area contributed by atoms with Crippen molar-refractivity contribution >= 4 is 17.4 Å². The molecule has 0 fully saturated rings. The Morgan fingerprint density at radius 2 is 1.56 bits per heavy atom. The molecule has 2 nitrogen and oxygen atoms in total. The molecule has 0 aliphatic carbocycles. The van der Waals surface area contributed by atoms with Gasteiger partial charge in [0.1, 0.15) is 5.75 Å². The lowest BCUT2D eigenvalue weighted by atomic mass is 9.98. The number of thioether (sulfide) groups is 1. The molecule has 1 aliphatic rings. The summed E-state index contributed by atoms with van der Waals surface area (Å²) in [6, 6.07) is 28.1. The Morgan fingerprint density at radius 3 is 2.32 bits per heavy atom. The summed E-state index contributed by atoms with van der Waals surface area (Å²) in [5.41, 5.74) is 3.88. The summed E-state index contributed by atoms with van der Waals surface area (Å²) in [4.78, 5) is 1.31. The number of rotatable bonds is 3. The first-order chi connectivity index (χ1) is 12.3. The predicted octanol–water partition coefficient (Wildman–Crippen LogP) is 6.09. The number of para-hydroxylation sites is 1. The lowest BCUT2D eigenvalue weighted by Gasteiger charge is -2.22. The van der Waals surface area contributed by atoms with Gasteiger partial charge < -0.3 is 10.1 Å². The number of ether oxygens (including phenoxy) is 1. The van der Waals surface area contributed by atoms with E-state index in [9.17, 15) is 0 Å². The third-order valence-electron chi connectivity index (χ3n) is 4.63. The zero-order valence-corrected chi connectivity index (χ0v) is 15.0. The fraction of sp³-hybridized carbons (Fsp3) is 0.182. The van der Waals surface area contributed by atoms with E-state index in [0.29, 0.717) is 5.25 Å². The molecule has 126 valence electrons. The summed E-state index contributed by atoms with van der Waals surface area (Å²) in [5, 5.41) is 4.17. The van der Waals surface area contributed by atoms with Crippen molar-refractivity contribution < 1.29 is 4.74 Å². The quantitative estimate of drug-likeness (QED) is 0.620. The highest BCUT2D eigenvalue weighted by molar-refractivity contribution is 7.99. The van der Waals surface area contributed by atoms with Gasteiger partial charge in [-0.25, -0.2) is 0 Å². The number of anilines is 1. The minimum atomic E-state index is 0.271. The summed E-state index contributed by atoms with van der Waals surface area (Å²) in [7, 11) is 1.71. The third kappa shape index (κ3) is 3.52. The van der Waals surface area contributed by atoms with Crippen molar-refractivity contribution in [2.75, 3.05) is 12.4 Å². The number of fused-ring (bicyclic) bond motifs is 1. The van der Waals surface area contributed by atoms with Crippen LogP contribution in [0.15, 0.2) is 83.8 Å². The van der Waals surface area contributed by atoms with Crippen molar-refractivity contribution in [3.8, 4) is 5.75 Å². The number of nitrogens with one attached hydrogen (secondary N) is 1. The molecule has 0 aromatic heterocycles. The van der Waals surface area contributed by atoms with Crippen LogP contribution in [0.5, 0.6) is 5.75 Å². The molecule has 3 heteroatoms. The van der Waals surface area contributed by atoms with E-state index in [2.05, 4.69) is 72.0 Å². The van der Waals surface area contributed by atoms with Gasteiger partial charge in [0.25, 0.3) is 0 Å². The van der Waals surface area contributed by atoms with Crippen LogP contribution in [0.25, 0.3) is 0 Å². The second-order valence-corrected chi connectivity index (χ2v) is 7.46. The lowest BCUT2D eigenvalue weighted by molar-refractivity contribution is 0.414. The molecule has 4 rings (SSSR count). The Kier molecular flexibility index (Phi) is 4.66. The van der Waals surface area contributed by atoms with Gasteiger partial charge >= 0.3 is 0 Å². The molecule has 0 bridgehead atoms. The number of hydrogen-bond acceptors (Lipinski definition) is 3. The van der Waals surface area contributed by atoms with Gasteiger partial charge in [-0.15, -0.1) is 11.8 Å². The maximum absolute atomic E-state index is 5.30. The van der Waals surface area contributed by atoms with E-state index in [0.717, 1.165) is 12.2 Å². The molecule has 3 aromatic carbocycles. The smallest absolute Gasteiger partial charge is 0.118 e. The molecular formula is C22H21NOS. The lowest BCUT2D eigenvalue weighted by Crippen LogP contribution is -2.11. The van der Waals surface area contributed by atoms with Crippen LogP contribution in [0, 0.1) is 0 Å². The van der Waals surface area contributed by atoms with Crippen molar-refractivity contribution in [1.82, 2.24) is 0 Å². The van der Waals surface area contributed by atoms with Gasteiger partial charge in [0.15, 0.2) is 0 Å². The molecule has 0 amide bonds. The molecule has 2 unspecified atom stereocenters. The second-order valence-electron chi connectivity index (χ2n) is 6.22. The van der Waals surface area contributed by atoms with Gasteiger partial charge in [-0.3, -0.25) is 0 Å². The molecule has 3 aromatic rings. The monoisotopic (exact) mass is 347 g/mol. The Morgan fingerprint density at radius 1 is 0.840 bits per heavy atom. The highest BCUT2D eigenvalue weighted by atomic mass is 32.2. The van der Waals surface area contributed by atoms with Crippen molar-refractivity contribution in [3.63, 3.8) is 0 Å². The van der Waals surface area contributed by atoms with Crippen LogP contribution in [0.4, 0.5) is 5.69 Å². The van der Waals surface area contributed by atoms with Gasteiger partial charge in [0, 0.05) is 15.8 Å². The van der Waals surface area contributed by atoms with Crippen molar-refractivity contribution in [2.45, 2.75) is 22.6 Å². The first-order valence-corrected chi connectivity index (χ1v) is 9.42. The van der Waals surface area contributed by atoms with Crippen LogP contribution in [0.3, 0.4) is 0 Å². The van der Waals surface area contributed by atoms with Crippen LogP contribution in [0.2, 0.25) is 0 Å². The van der Waals surface area contributed by atoms with Gasteiger partial charge in [-0.05, 0) is 41.8 Å². The topological polar surface area (TPSA) is 21.3 Å². The van der Waals surface area contributed by atoms with E-state index < -0.39 is 0 Å². The highest BCUT2D eigenvalue weighted by Crippen LogP contribution is 2.48. The third-order valence-corrected chi connectivity index (χ3v) is 5.98. The minimum Gasteiger partial charge on any atom is -0.497 e. The Hall–Kier alpha value is -2.39. The molecule has 2 atom stereocenters. The van der Waals surface area contributed by atoms with Crippen LogP contribution in [-0.2, 0) is 0 Å². The summed E-state index contributed by atoms with van der Waals surface area (Å²) >= 11 is 1.95. The maximum atomic E-state index is 5.30. The number of hydrogen-bond donors (Lipinski definition) is 1. The Balaban J connectivity index is 1.71. The highest BCUT2D eigenvalue weighted by Gasteiger charge is 2.25. The molecule has 0 spiro atoms. The summed E-state index contributed by atoms with van der Waals surface area (Å²) in [6.45, 7) is 0. The molecule has 1 N–H and O–H groups in total. The van der Waals surface area contributed by atoms with Crippen molar-refractivity contribution in [1.29, 1.82) is 0 Å². The fourth-order valence-corrected chi connectivity index (χ4v) is 4.58. The molecule has 0 radical (unpaired) electrons. The van der Waals surface area contributed by atoms with Crippen molar-refractivity contribution in [2.24, 2.45) is 0 Å². The average molecular weight is 347 g/mol. The molecule has 0 saturated carbocycles. The molecule has 25 heavy (non-hydrogen) atoms. The van der Waals surface area contributed by atoms with E-state index in [1.165, 1.54) is 21.7 Å². The summed E-state index contributed by atoms with van der Waals surface area (Å²) in [6.07, 6.45) is 1.04. The summed E-state index contributed by atoms with van der Waals surface area (Å²) < 4.78 is 5.30. The van der Waals surface area contributed by atoms with E-state index in [1.54, 1.807) is 7.11 Å². The number of methoxy groups -OCH3 is 1. The van der Waals surface area contributed by atoms with Crippen LogP contribution in [0.1, 0.15) is 28.8 Å². The van der Waals surface area contributed by atoms with E-state index in [-0.39, 0.29) is 6.04 Å². The average Bonchev–Trinajstić information content (AvgIpc) is 2.88. The molecule has 0 saturated heterocycles. The van der Waals surface area contributed by atoms with Gasteiger partial charge in [0.05, 0.1) is 13.2 Å². The fourth-order valence-electron chi connectivity index (χ4n) is 3.28. The normalized spacial score (nSPS) is 19.4. The first-order valence-electron chi connectivity index (χ1n) is 8.54. The molecule has 1 heterocycles. The Bertz CT molecular complexity index is 832. The van der Waals surface area contributed by atoms with Crippen LogP contribution < -0.4 is 10.1 Å². The SMILES string of the molecule is COc1ccc(C2CC(c3ccccc3)Sc3ccccc3N2)cc1. The molecule has 1 aliphatic heterocycles. The van der Waals surface area contributed by atoms with Crippen molar-refractivity contribution in [3.05, 3.63) is 90.0 Å². The largest absolute Gasteiger partial charge is 0.497 e. The van der Waals surface area contributed by atoms with E-state index in [1.807, 2.05) is 23.9 Å². The van der Waals surface area contributed by atoms with Gasteiger partial charge in [0.2, 0.25) is 0 Å². The zero-order chi connectivity index (χ0) is 17.1. The zero-order valence-electron chi connectivity index (χ0n) is 14.2. The standard InChI is InChI=1S/C22H21NOS/c1-24-18-13-11-16(12-14-18)20-15-22(17-7-3-2-4-8-17)25-21-10-6-5-9-19(21)23-20/h2-14,20,22-23H,15H2,1H3. The predicted molar refractivity (Wildman–Crippen MR) is 105 cm³/mol. The minimum absolute atomic E-state index is 0.271. The van der Waals surface area contributed by atoms with Gasteiger partial charge in [-0.1, -0.05) is 54.6 Å². The van der Waals surface area contributed by atoms with E-state index in [4.69, 9.17) is 4.74 Å². The van der Waals surface area contributed by atoms with Crippen LogP contribution >= 0.6 is 11.8 Å². The first kappa shape index (κ1) is 16.1. The van der Waals surface area contributed by atoms with Crippen LogP contribution in [-0.4, -0.2) is 7.11 Å². The second kappa shape index (κ2) is 7.24. The maximum Gasteiger partial charge on any atom is 0.118 e. The number of benzene rings is 3.